The number of pyridine rings is 1. The van der Waals surface area contributed by atoms with Crippen molar-refractivity contribution in [2.24, 2.45) is 5.92 Å². The molecule has 4 nitrogen and oxygen atoms in total. The number of aromatic nitrogens is 1. The van der Waals surface area contributed by atoms with Crippen LogP contribution in [0.3, 0.4) is 0 Å². The first-order valence-electron chi connectivity index (χ1n) is 7.50. The smallest absolute Gasteiger partial charge is 0.123 e. The molecule has 1 saturated heterocycles. The van der Waals surface area contributed by atoms with E-state index in [9.17, 15) is 0 Å². The van der Waals surface area contributed by atoms with Gasteiger partial charge in [0.25, 0.3) is 0 Å². The summed E-state index contributed by atoms with van der Waals surface area (Å²) in [5, 5.41) is 3.59. The normalized spacial score (nSPS) is 23.7. The zero-order valence-electron chi connectivity index (χ0n) is 11.9. The molecule has 0 spiro atoms. The lowest BCUT2D eigenvalue weighted by molar-refractivity contribution is 0.273. The molecule has 1 aliphatic carbocycles. The first-order chi connectivity index (χ1) is 9.29. The molecule has 0 bridgehead atoms. The van der Waals surface area contributed by atoms with Crippen LogP contribution in [0.4, 0.5) is 11.5 Å². The minimum Gasteiger partial charge on any atom is -0.384 e. The van der Waals surface area contributed by atoms with Crippen molar-refractivity contribution in [1.29, 1.82) is 0 Å². The molecule has 1 saturated carbocycles. The summed E-state index contributed by atoms with van der Waals surface area (Å²) in [4.78, 5) is 6.79. The Morgan fingerprint density at radius 2 is 2.05 bits per heavy atom. The average molecular weight is 297 g/mol. The first kappa shape index (κ1) is 15.4. The van der Waals surface area contributed by atoms with Gasteiger partial charge in [0.15, 0.2) is 0 Å². The Morgan fingerprint density at radius 1 is 1.20 bits per heavy atom. The molecule has 0 aromatic carbocycles. The van der Waals surface area contributed by atoms with Crippen molar-refractivity contribution < 1.29 is 0 Å². The fraction of sp³-hybridized carbons (Fsp3) is 0.667. The zero-order chi connectivity index (χ0) is 13.1. The van der Waals surface area contributed by atoms with E-state index in [1.54, 1.807) is 0 Å². The lowest BCUT2D eigenvalue weighted by atomic mass is 10.1. The predicted octanol–water partition coefficient (Wildman–Crippen LogP) is 2.76. The standard InChI is InChI=1S/C15H24N4.ClH/c16-15-6-5-14(10-17-15)18-13-2-1-8-19(9-7-13)11-12-3-4-12;/h5-6,10,12-13,18H,1-4,7-9,11H2,(H2,16,17);1H. The summed E-state index contributed by atoms with van der Waals surface area (Å²) in [5.41, 5.74) is 6.70. The zero-order valence-corrected chi connectivity index (χ0v) is 12.7. The van der Waals surface area contributed by atoms with Gasteiger partial charge in [0.05, 0.1) is 11.9 Å². The van der Waals surface area contributed by atoms with Gasteiger partial charge in [-0.05, 0) is 56.7 Å². The van der Waals surface area contributed by atoms with Gasteiger partial charge in [-0.3, -0.25) is 0 Å². The Kier molecular flexibility index (Phi) is 5.49. The number of nitrogens with zero attached hydrogens (tertiary/aromatic N) is 2. The molecule has 2 heterocycles. The van der Waals surface area contributed by atoms with Crippen molar-refractivity contribution in [3.63, 3.8) is 0 Å². The van der Waals surface area contributed by atoms with Crippen LogP contribution in [0.25, 0.3) is 0 Å². The maximum absolute atomic E-state index is 5.61. The van der Waals surface area contributed by atoms with Crippen LogP contribution in [-0.2, 0) is 0 Å². The van der Waals surface area contributed by atoms with Crippen LogP contribution < -0.4 is 11.1 Å². The van der Waals surface area contributed by atoms with Gasteiger partial charge < -0.3 is 16.0 Å². The third kappa shape index (κ3) is 4.53. The van der Waals surface area contributed by atoms with Crippen LogP contribution in [-0.4, -0.2) is 35.6 Å². The number of anilines is 2. The number of hydrogen-bond acceptors (Lipinski definition) is 4. The van der Waals surface area contributed by atoms with Crippen LogP contribution in [0.15, 0.2) is 18.3 Å². The van der Waals surface area contributed by atoms with Crippen LogP contribution >= 0.6 is 12.4 Å². The molecule has 2 fully saturated rings. The predicted molar refractivity (Wildman–Crippen MR) is 86.3 cm³/mol. The highest BCUT2D eigenvalue weighted by Gasteiger charge is 2.25. The van der Waals surface area contributed by atoms with Crippen LogP contribution in [0.1, 0.15) is 32.1 Å². The van der Waals surface area contributed by atoms with E-state index in [0.717, 1.165) is 11.6 Å². The fourth-order valence-corrected chi connectivity index (χ4v) is 2.87. The van der Waals surface area contributed by atoms with Crippen molar-refractivity contribution in [2.75, 3.05) is 30.7 Å². The summed E-state index contributed by atoms with van der Waals surface area (Å²) >= 11 is 0. The first-order valence-corrected chi connectivity index (χ1v) is 7.50. The maximum atomic E-state index is 5.61. The van der Waals surface area contributed by atoms with Gasteiger partial charge in [-0.15, -0.1) is 12.4 Å². The van der Waals surface area contributed by atoms with Gasteiger partial charge in [0.1, 0.15) is 5.82 Å². The van der Waals surface area contributed by atoms with Crippen LogP contribution in [0, 0.1) is 5.92 Å². The molecule has 3 rings (SSSR count). The molecule has 1 aliphatic heterocycles. The highest BCUT2D eigenvalue weighted by molar-refractivity contribution is 5.85. The third-order valence-electron chi connectivity index (χ3n) is 4.19. The van der Waals surface area contributed by atoms with Crippen molar-refractivity contribution in [3.05, 3.63) is 18.3 Å². The van der Waals surface area contributed by atoms with Crippen LogP contribution in [0.2, 0.25) is 0 Å². The molecule has 1 atom stereocenters. The van der Waals surface area contributed by atoms with E-state index < -0.39 is 0 Å². The number of likely N-dealkylation sites (tertiary alicyclic amines) is 1. The minimum absolute atomic E-state index is 0. The monoisotopic (exact) mass is 296 g/mol. The van der Waals surface area contributed by atoms with Gasteiger partial charge >= 0.3 is 0 Å². The fourth-order valence-electron chi connectivity index (χ4n) is 2.87. The molecule has 112 valence electrons. The number of nitrogens with one attached hydrogen (secondary N) is 1. The number of halogens is 1. The second kappa shape index (κ2) is 7.14. The number of nitrogens with two attached hydrogens (primary N) is 1. The van der Waals surface area contributed by atoms with Gasteiger partial charge in [-0.25, -0.2) is 4.98 Å². The van der Waals surface area contributed by atoms with Gasteiger partial charge in [-0.2, -0.15) is 0 Å². The molecule has 2 aliphatic rings. The summed E-state index contributed by atoms with van der Waals surface area (Å²) < 4.78 is 0. The average Bonchev–Trinajstić information content (AvgIpc) is 3.22. The largest absolute Gasteiger partial charge is 0.384 e. The Labute approximate surface area is 127 Å². The van der Waals surface area contributed by atoms with E-state index in [1.807, 2.05) is 18.3 Å². The van der Waals surface area contributed by atoms with Gasteiger partial charge in [0, 0.05) is 19.1 Å². The molecule has 1 aromatic rings. The quantitative estimate of drug-likeness (QED) is 0.897. The van der Waals surface area contributed by atoms with E-state index in [4.69, 9.17) is 5.73 Å². The molecule has 0 radical (unpaired) electrons. The second-order valence-electron chi connectivity index (χ2n) is 5.99. The van der Waals surface area contributed by atoms with E-state index in [0.29, 0.717) is 11.9 Å². The molecule has 5 heteroatoms. The van der Waals surface area contributed by atoms with Gasteiger partial charge in [-0.1, -0.05) is 0 Å². The second-order valence-corrected chi connectivity index (χ2v) is 5.99. The summed E-state index contributed by atoms with van der Waals surface area (Å²) in [6.45, 7) is 3.83. The Bertz CT molecular complexity index is 405. The van der Waals surface area contributed by atoms with Crippen molar-refractivity contribution >= 4 is 23.9 Å². The highest BCUT2D eigenvalue weighted by atomic mass is 35.5. The lowest BCUT2D eigenvalue weighted by Gasteiger charge is -2.20. The third-order valence-corrected chi connectivity index (χ3v) is 4.19. The van der Waals surface area contributed by atoms with Crippen molar-refractivity contribution in [2.45, 2.75) is 38.1 Å². The SMILES string of the molecule is Cl.Nc1ccc(NC2CCCN(CC3CC3)CC2)cn1. The summed E-state index contributed by atoms with van der Waals surface area (Å²) in [5.74, 6) is 1.59. The maximum Gasteiger partial charge on any atom is 0.123 e. The number of hydrogen-bond donors (Lipinski definition) is 2. The van der Waals surface area contributed by atoms with E-state index in [-0.39, 0.29) is 12.4 Å². The molecule has 0 amide bonds. The molecule has 1 aromatic heterocycles. The topological polar surface area (TPSA) is 54.2 Å². The number of rotatable bonds is 4. The Hall–Kier alpha value is -1.00. The van der Waals surface area contributed by atoms with E-state index in [1.165, 1.54) is 51.7 Å². The van der Waals surface area contributed by atoms with Crippen LogP contribution in [0.5, 0.6) is 0 Å². The molecular weight excluding hydrogens is 272 g/mol. The molecule has 1 unspecified atom stereocenters. The highest BCUT2D eigenvalue weighted by Crippen LogP contribution is 2.30. The summed E-state index contributed by atoms with van der Waals surface area (Å²) in [6.07, 6.45) is 8.53. The van der Waals surface area contributed by atoms with E-state index >= 15 is 0 Å². The number of nitrogen functional groups attached to an aromatic ring is 1. The minimum atomic E-state index is 0. The Balaban J connectivity index is 0.00000147. The Morgan fingerprint density at radius 3 is 2.75 bits per heavy atom. The molecular formula is C15H25ClN4. The molecule has 3 N–H and O–H groups in total. The van der Waals surface area contributed by atoms with E-state index in [2.05, 4.69) is 15.2 Å². The lowest BCUT2D eigenvalue weighted by Crippen LogP contribution is -2.28. The van der Waals surface area contributed by atoms with Gasteiger partial charge in [0.2, 0.25) is 0 Å². The van der Waals surface area contributed by atoms with Crippen molar-refractivity contribution in [1.82, 2.24) is 9.88 Å². The summed E-state index contributed by atoms with van der Waals surface area (Å²) in [7, 11) is 0. The van der Waals surface area contributed by atoms with Crippen molar-refractivity contribution in [3.8, 4) is 0 Å². The molecule has 20 heavy (non-hydrogen) atoms. The summed E-state index contributed by atoms with van der Waals surface area (Å²) in [6, 6.07) is 4.46.